The Kier molecular flexibility index (Phi) is 5.05. The Morgan fingerprint density at radius 3 is 2.94 bits per heavy atom. The Morgan fingerprint density at radius 2 is 2.33 bits per heavy atom. The Balaban J connectivity index is 1.79. The summed E-state index contributed by atoms with van der Waals surface area (Å²) in [6.45, 7) is 6.36. The van der Waals surface area contributed by atoms with E-state index < -0.39 is 0 Å². The van der Waals surface area contributed by atoms with Gasteiger partial charge in [0.25, 0.3) is 5.91 Å². The van der Waals surface area contributed by atoms with Gasteiger partial charge in [0.15, 0.2) is 0 Å². The molecule has 1 unspecified atom stereocenters. The number of carbonyl (C=O) groups is 1. The number of thiophene rings is 1. The van der Waals surface area contributed by atoms with Crippen LogP contribution in [-0.2, 0) is 4.74 Å². The molecule has 0 aliphatic carbocycles. The van der Waals surface area contributed by atoms with Crippen molar-refractivity contribution in [3.63, 3.8) is 0 Å². The molecule has 0 saturated carbocycles. The van der Waals surface area contributed by atoms with Crippen molar-refractivity contribution in [2.75, 3.05) is 32.8 Å². The fourth-order valence-corrected chi connectivity index (χ4v) is 3.01. The molecule has 2 heterocycles. The van der Waals surface area contributed by atoms with Crippen LogP contribution in [0.4, 0.5) is 0 Å². The molecule has 18 heavy (non-hydrogen) atoms. The number of hydrogen-bond acceptors (Lipinski definition) is 5. The molecule has 1 aromatic heterocycles. The van der Waals surface area contributed by atoms with E-state index in [1.807, 2.05) is 12.3 Å². The second kappa shape index (κ2) is 6.56. The molecule has 1 fully saturated rings. The van der Waals surface area contributed by atoms with Crippen LogP contribution in [0.5, 0.6) is 0 Å². The van der Waals surface area contributed by atoms with Gasteiger partial charge < -0.3 is 10.1 Å². The number of carbonyl (C=O) groups excluding carboxylic acids is 1. The third kappa shape index (κ3) is 3.98. The molecule has 100 valence electrons. The zero-order valence-electron chi connectivity index (χ0n) is 10.4. The van der Waals surface area contributed by atoms with Crippen LogP contribution >= 0.6 is 24.0 Å². The lowest BCUT2D eigenvalue weighted by molar-refractivity contribution is 0.0342. The predicted molar refractivity (Wildman–Crippen MR) is 75.8 cm³/mol. The van der Waals surface area contributed by atoms with Gasteiger partial charge in [0.2, 0.25) is 0 Å². The second-order valence-electron chi connectivity index (χ2n) is 4.46. The first kappa shape index (κ1) is 13.9. The Hall–Kier alpha value is -0.560. The van der Waals surface area contributed by atoms with Crippen LogP contribution in [0, 0.1) is 0 Å². The van der Waals surface area contributed by atoms with Crippen LogP contribution in [0.15, 0.2) is 16.3 Å². The van der Waals surface area contributed by atoms with Crippen molar-refractivity contribution in [1.82, 2.24) is 10.2 Å². The van der Waals surface area contributed by atoms with Crippen molar-refractivity contribution in [3.05, 3.63) is 16.3 Å². The van der Waals surface area contributed by atoms with Crippen LogP contribution in [0.2, 0.25) is 0 Å². The summed E-state index contributed by atoms with van der Waals surface area (Å²) in [6.07, 6.45) is 0. The van der Waals surface area contributed by atoms with Crippen molar-refractivity contribution in [2.45, 2.75) is 17.9 Å². The first-order valence-electron chi connectivity index (χ1n) is 6.03. The van der Waals surface area contributed by atoms with Gasteiger partial charge in [-0.1, -0.05) is 0 Å². The van der Waals surface area contributed by atoms with E-state index in [2.05, 4.69) is 22.8 Å². The molecule has 6 heteroatoms. The SMILES string of the molecule is CC(CN1CCOCC1)NC(=O)c1cc(S)cs1. The van der Waals surface area contributed by atoms with E-state index in [-0.39, 0.29) is 11.9 Å². The molecule has 1 atom stereocenters. The molecule has 1 N–H and O–H groups in total. The summed E-state index contributed by atoms with van der Waals surface area (Å²) in [5, 5.41) is 4.88. The zero-order valence-corrected chi connectivity index (χ0v) is 12.1. The maximum Gasteiger partial charge on any atom is 0.261 e. The molecule has 0 spiro atoms. The zero-order chi connectivity index (χ0) is 13.0. The third-order valence-corrected chi connectivity index (χ3v) is 4.18. The van der Waals surface area contributed by atoms with Gasteiger partial charge in [0, 0.05) is 36.0 Å². The van der Waals surface area contributed by atoms with Crippen LogP contribution in [-0.4, -0.2) is 49.7 Å². The average molecular weight is 286 g/mol. The minimum absolute atomic E-state index is 0.0129. The Bertz CT molecular complexity index is 403. The molecule has 1 saturated heterocycles. The largest absolute Gasteiger partial charge is 0.379 e. The maximum atomic E-state index is 11.9. The number of rotatable bonds is 4. The molecule has 2 rings (SSSR count). The summed E-state index contributed by atoms with van der Waals surface area (Å²) in [6, 6.07) is 1.94. The summed E-state index contributed by atoms with van der Waals surface area (Å²) < 4.78 is 5.30. The van der Waals surface area contributed by atoms with E-state index in [9.17, 15) is 4.79 Å². The monoisotopic (exact) mass is 286 g/mol. The first-order chi connectivity index (χ1) is 8.65. The van der Waals surface area contributed by atoms with Crippen LogP contribution < -0.4 is 5.32 Å². The predicted octanol–water partition coefficient (Wildman–Crippen LogP) is 1.49. The first-order valence-corrected chi connectivity index (χ1v) is 7.36. The van der Waals surface area contributed by atoms with Gasteiger partial charge in [-0.05, 0) is 13.0 Å². The lowest BCUT2D eigenvalue weighted by atomic mass is 10.2. The van der Waals surface area contributed by atoms with Crippen molar-refractivity contribution in [2.24, 2.45) is 0 Å². The van der Waals surface area contributed by atoms with Gasteiger partial charge in [-0.3, -0.25) is 9.69 Å². The standard InChI is InChI=1S/C12H18N2O2S2/c1-9(7-14-2-4-16-5-3-14)13-12(15)11-6-10(17)8-18-11/h6,8-9,17H,2-5,7H2,1H3,(H,13,15). The molecule has 0 bridgehead atoms. The minimum Gasteiger partial charge on any atom is -0.379 e. The van der Waals surface area contributed by atoms with Crippen LogP contribution in [0.3, 0.4) is 0 Å². The summed E-state index contributed by atoms with van der Waals surface area (Å²) in [7, 11) is 0. The molecule has 1 amide bonds. The summed E-state index contributed by atoms with van der Waals surface area (Å²) >= 11 is 5.63. The molecule has 1 aromatic rings. The van der Waals surface area contributed by atoms with E-state index in [1.165, 1.54) is 11.3 Å². The molecule has 0 aromatic carbocycles. The number of nitrogens with one attached hydrogen (secondary N) is 1. The number of nitrogens with zero attached hydrogens (tertiary/aromatic N) is 1. The molecule has 1 aliphatic heterocycles. The second-order valence-corrected chi connectivity index (χ2v) is 5.88. The van der Waals surface area contributed by atoms with Crippen molar-refractivity contribution < 1.29 is 9.53 Å². The Labute approximate surface area is 117 Å². The average Bonchev–Trinajstić information content (AvgIpc) is 2.77. The molecular formula is C12H18N2O2S2. The van der Waals surface area contributed by atoms with Gasteiger partial charge in [-0.25, -0.2) is 0 Å². The van der Waals surface area contributed by atoms with E-state index in [4.69, 9.17) is 4.74 Å². The smallest absolute Gasteiger partial charge is 0.261 e. The molecule has 1 aliphatic rings. The molecule has 0 radical (unpaired) electrons. The van der Waals surface area contributed by atoms with E-state index in [1.54, 1.807) is 6.07 Å². The number of hydrogen-bond donors (Lipinski definition) is 2. The van der Waals surface area contributed by atoms with E-state index >= 15 is 0 Å². The number of ether oxygens (including phenoxy) is 1. The highest BCUT2D eigenvalue weighted by molar-refractivity contribution is 7.80. The number of thiol groups is 1. The number of amides is 1. The molecular weight excluding hydrogens is 268 g/mol. The van der Waals surface area contributed by atoms with E-state index in [0.717, 1.165) is 37.7 Å². The van der Waals surface area contributed by atoms with Crippen molar-refractivity contribution in [1.29, 1.82) is 0 Å². The topological polar surface area (TPSA) is 41.6 Å². The summed E-state index contributed by atoms with van der Waals surface area (Å²) in [4.78, 5) is 15.8. The highest BCUT2D eigenvalue weighted by Gasteiger charge is 2.16. The molecule has 4 nitrogen and oxygen atoms in total. The van der Waals surface area contributed by atoms with Gasteiger partial charge in [0.1, 0.15) is 0 Å². The van der Waals surface area contributed by atoms with E-state index in [0.29, 0.717) is 4.88 Å². The van der Waals surface area contributed by atoms with Crippen molar-refractivity contribution >= 4 is 29.9 Å². The lowest BCUT2D eigenvalue weighted by Gasteiger charge is -2.29. The Morgan fingerprint density at radius 1 is 1.61 bits per heavy atom. The van der Waals surface area contributed by atoms with Crippen LogP contribution in [0.1, 0.15) is 16.6 Å². The van der Waals surface area contributed by atoms with Crippen molar-refractivity contribution in [3.8, 4) is 0 Å². The third-order valence-electron chi connectivity index (χ3n) is 2.82. The summed E-state index contributed by atoms with van der Waals surface area (Å²) in [5.41, 5.74) is 0. The minimum atomic E-state index is -0.0129. The van der Waals surface area contributed by atoms with Gasteiger partial charge in [0.05, 0.1) is 18.1 Å². The number of morpholine rings is 1. The van der Waals surface area contributed by atoms with Gasteiger partial charge >= 0.3 is 0 Å². The van der Waals surface area contributed by atoms with Gasteiger partial charge in [-0.15, -0.1) is 24.0 Å². The summed E-state index contributed by atoms with van der Waals surface area (Å²) in [5.74, 6) is -0.0129. The quantitative estimate of drug-likeness (QED) is 0.824. The van der Waals surface area contributed by atoms with Crippen LogP contribution in [0.25, 0.3) is 0 Å². The fraction of sp³-hybridized carbons (Fsp3) is 0.583. The van der Waals surface area contributed by atoms with Gasteiger partial charge in [-0.2, -0.15) is 0 Å². The lowest BCUT2D eigenvalue weighted by Crippen LogP contribution is -2.45. The highest BCUT2D eigenvalue weighted by Crippen LogP contribution is 2.17. The normalized spacial score (nSPS) is 18.6. The highest BCUT2D eigenvalue weighted by atomic mass is 32.1. The maximum absolute atomic E-state index is 11.9. The fourth-order valence-electron chi connectivity index (χ4n) is 1.96.